The fourth-order valence-corrected chi connectivity index (χ4v) is 4.19. The van der Waals surface area contributed by atoms with Crippen LogP contribution >= 0.6 is 11.8 Å². The Kier molecular flexibility index (Phi) is 6.85. The van der Waals surface area contributed by atoms with Gasteiger partial charge in [0.15, 0.2) is 22.5 Å². The lowest BCUT2D eigenvalue weighted by Gasteiger charge is -2.21. The second kappa shape index (κ2) is 9.80. The molecule has 2 aromatic carbocycles. The van der Waals surface area contributed by atoms with E-state index < -0.39 is 5.25 Å². The second-order valence-corrected chi connectivity index (χ2v) is 9.27. The van der Waals surface area contributed by atoms with E-state index in [-0.39, 0.29) is 24.6 Å². The Morgan fingerprint density at radius 1 is 1.15 bits per heavy atom. The van der Waals surface area contributed by atoms with Gasteiger partial charge in [0.2, 0.25) is 12.7 Å². The zero-order valence-electron chi connectivity index (χ0n) is 18.9. The van der Waals surface area contributed by atoms with Gasteiger partial charge in [-0.3, -0.25) is 14.3 Å². The van der Waals surface area contributed by atoms with Crippen molar-refractivity contribution in [3.8, 4) is 17.2 Å². The number of carbonyl (C=O) groups excluding carboxylic acids is 1. The van der Waals surface area contributed by atoms with E-state index in [1.165, 1.54) is 23.9 Å². The summed E-state index contributed by atoms with van der Waals surface area (Å²) in [5, 5.41) is 11.8. The molecule has 0 fully saturated rings. The van der Waals surface area contributed by atoms with Crippen molar-refractivity contribution >= 4 is 17.7 Å². The number of hydrogen-bond donors (Lipinski definition) is 1. The molecule has 0 saturated heterocycles. The number of halogens is 1. The van der Waals surface area contributed by atoms with Gasteiger partial charge in [0.25, 0.3) is 0 Å². The van der Waals surface area contributed by atoms with Crippen LogP contribution in [0.15, 0.2) is 47.6 Å². The SMILES string of the molecule is C[C@H](Sc1nnc([C@H](C)N(C)C)n1-c1ccc(F)cc1)C(=O)NCc1ccc2c(c1)OCO2. The molecule has 0 bridgehead atoms. The molecule has 1 aliphatic heterocycles. The average Bonchev–Trinajstić information content (AvgIpc) is 3.44. The van der Waals surface area contributed by atoms with Gasteiger partial charge in [-0.2, -0.15) is 0 Å². The minimum absolute atomic E-state index is 0.0351. The Labute approximate surface area is 196 Å². The van der Waals surface area contributed by atoms with E-state index in [1.54, 1.807) is 12.1 Å². The first-order chi connectivity index (χ1) is 15.8. The third kappa shape index (κ3) is 5.12. The highest BCUT2D eigenvalue weighted by Crippen LogP contribution is 2.33. The van der Waals surface area contributed by atoms with Crippen LogP contribution in [0.5, 0.6) is 11.5 Å². The van der Waals surface area contributed by atoms with Crippen molar-refractivity contribution in [1.29, 1.82) is 0 Å². The number of rotatable bonds is 8. The summed E-state index contributed by atoms with van der Waals surface area (Å²) in [4.78, 5) is 14.8. The molecule has 1 aromatic heterocycles. The van der Waals surface area contributed by atoms with Crippen molar-refractivity contribution in [2.75, 3.05) is 20.9 Å². The fraction of sp³-hybridized carbons (Fsp3) is 0.348. The predicted octanol–water partition coefficient (Wildman–Crippen LogP) is 3.55. The highest BCUT2D eigenvalue weighted by molar-refractivity contribution is 8.00. The number of nitrogens with one attached hydrogen (secondary N) is 1. The minimum Gasteiger partial charge on any atom is -0.454 e. The lowest BCUT2D eigenvalue weighted by Crippen LogP contribution is -2.30. The van der Waals surface area contributed by atoms with E-state index in [0.29, 0.717) is 29.0 Å². The van der Waals surface area contributed by atoms with Crippen LogP contribution in [0, 0.1) is 5.82 Å². The van der Waals surface area contributed by atoms with E-state index in [2.05, 4.69) is 15.5 Å². The van der Waals surface area contributed by atoms with Crippen LogP contribution < -0.4 is 14.8 Å². The van der Waals surface area contributed by atoms with Crippen LogP contribution in [0.4, 0.5) is 4.39 Å². The van der Waals surface area contributed by atoms with Crippen LogP contribution in [0.25, 0.3) is 5.69 Å². The van der Waals surface area contributed by atoms with E-state index >= 15 is 0 Å². The first-order valence-electron chi connectivity index (χ1n) is 10.5. The second-order valence-electron chi connectivity index (χ2n) is 7.96. The van der Waals surface area contributed by atoms with Crippen molar-refractivity contribution in [2.45, 2.75) is 36.8 Å². The molecule has 1 amide bonds. The van der Waals surface area contributed by atoms with Gasteiger partial charge in [-0.05, 0) is 69.9 Å². The van der Waals surface area contributed by atoms with E-state index in [9.17, 15) is 9.18 Å². The molecule has 0 radical (unpaired) electrons. The Morgan fingerprint density at radius 3 is 2.61 bits per heavy atom. The van der Waals surface area contributed by atoms with Gasteiger partial charge in [0.1, 0.15) is 5.82 Å². The first-order valence-corrected chi connectivity index (χ1v) is 11.4. The van der Waals surface area contributed by atoms with Gasteiger partial charge >= 0.3 is 0 Å². The number of benzene rings is 2. The van der Waals surface area contributed by atoms with Gasteiger partial charge < -0.3 is 14.8 Å². The zero-order chi connectivity index (χ0) is 23.5. The molecule has 0 aliphatic carbocycles. The quantitative estimate of drug-likeness (QED) is 0.503. The summed E-state index contributed by atoms with van der Waals surface area (Å²) < 4.78 is 26.1. The van der Waals surface area contributed by atoms with E-state index in [0.717, 1.165) is 11.3 Å². The van der Waals surface area contributed by atoms with Crippen molar-refractivity contribution in [2.24, 2.45) is 0 Å². The highest BCUT2D eigenvalue weighted by Gasteiger charge is 2.24. The number of nitrogens with zero attached hydrogens (tertiary/aromatic N) is 4. The monoisotopic (exact) mass is 471 g/mol. The minimum atomic E-state index is -0.426. The molecule has 0 saturated carbocycles. The smallest absolute Gasteiger partial charge is 0.233 e. The first kappa shape index (κ1) is 23.1. The summed E-state index contributed by atoms with van der Waals surface area (Å²) in [6.45, 7) is 4.41. The van der Waals surface area contributed by atoms with Crippen LogP contribution in [-0.2, 0) is 11.3 Å². The van der Waals surface area contributed by atoms with Gasteiger partial charge in [-0.25, -0.2) is 4.39 Å². The molecule has 3 aromatic rings. The highest BCUT2D eigenvalue weighted by atomic mass is 32.2. The normalized spacial score (nSPS) is 14.4. The lowest BCUT2D eigenvalue weighted by atomic mass is 10.2. The largest absolute Gasteiger partial charge is 0.454 e. The molecule has 0 spiro atoms. The molecule has 2 heterocycles. The molecular formula is C23H26FN5O3S. The molecule has 1 aliphatic rings. The predicted molar refractivity (Wildman–Crippen MR) is 123 cm³/mol. The molecule has 4 rings (SSSR count). The fourth-order valence-electron chi connectivity index (χ4n) is 3.29. The van der Waals surface area contributed by atoms with Crippen molar-refractivity contribution in [3.05, 3.63) is 59.7 Å². The molecule has 174 valence electrons. The number of hydrogen-bond acceptors (Lipinski definition) is 7. The maximum absolute atomic E-state index is 13.5. The number of fused-ring (bicyclic) bond motifs is 1. The van der Waals surface area contributed by atoms with E-state index in [1.807, 2.05) is 55.6 Å². The Bertz CT molecular complexity index is 1140. The Balaban J connectivity index is 1.49. The Hall–Kier alpha value is -3.11. The lowest BCUT2D eigenvalue weighted by molar-refractivity contribution is -0.120. The maximum atomic E-state index is 13.5. The molecular weight excluding hydrogens is 445 g/mol. The molecule has 0 unspecified atom stereocenters. The molecule has 1 N–H and O–H groups in total. The maximum Gasteiger partial charge on any atom is 0.233 e. The van der Waals surface area contributed by atoms with Crippen molar-refractivity contribution in [3.63, 3.8) is 0 Å². The number of thioether (sulfide) groups is 1. The molecule has 2 atom stereocenters. The summed E-state index contributed by atoms with van der Waals surface area (Å²) in [6.07, 6.45) is 0. The van der Waals surface area contributed by atoms with Gasteiger partial charge in [0, 0.05) is 12.2 Å². The van der Waals surface area contributed by atoms with Crippen molar-refractivity contribution < 1.29 is 18.7 Å². The Morgan fingerprint density at radius 2 is 1.88 bits per heavy atom. The summed E-state index contributed by atoms with van der Waals surface area (Å²) in [5.41, 5.74) is 1.65. The van der Waals surface area contributed by atoms with Gasteiger partial charge in [-0.1, -0.05) is 17.8 Å². The van der Waals surface area contributed by atoms with Crippen LogP contribution in [-0.4, -0.2) is 51.7 Å². The number of amides is 1. The number of ether oxygens (including phenoxy) is 2. The standard InChI is InChI=1S/C23H26FN5O3S/c1-14(28(3)4)21-26-27-23(29(21)18-8-6-17(24)7-9-18)33-15(2)22(30)25-12-16-5-10-19-20(11-16)32-13-31-19/h5-11,14-15H,12-13H2,1-4H3,(H,25,30)/t14-,15-/m0/s1. The number of carbonyl (C=O) groups is 1. The summed E-state index contributed by atoms with van der Waals surface area (Å²) in [6, 6.07) is 11.7. The summed E-state index contributed by atoms with van der Waals surface area (Å²) in [5.74, 6) is 1.64. The molecule has 8 nitrogen and oxygen atoms in total. The average molecular weight is 472 g/mol. The van der Waals surface area contributed by atoms with Crippen LogP contribution in [0.2, 0.25) is 0 Å². The third-order valence-electron chi connectivity index (χ3n) is 5.45. The summed E-state index contributed by atoms with van der Waals surface area (Å²) >= 11 is 1.30. The number of aromatic nitrogens is 3. The summed E-state index contributed by atoms with van der Waals surface area (Å²) in [7, 11) is 3.90. The molecule has 10 heteroatoms. The van der Waals surface area contributed by atoms with Crippen LogP contribution in [0.3, 0.4) is 0 Å². The van der Waals surface area contributed by atoms with Crippen molar-refractivity contribution in [1.82, 2.24) is 25.0 Å². The third-order valence-corrected chi connectivity index (χ3v) is 6.49. The topological polar surface area (TPSA) is 81.5 Å². The van der Waals surface area contributed by atoms with Crippen LogP contribution in [0.1, 0.15) is 31.3 Å². The van der Waals surface area contributed by atoms with Gasteiger partial charge in [0.05, 0.1) is 11.3 Å². The zero-order valence-corrected chi connectivity index (χ0v) is 19.7. The molecule has 33 heavy (non-hydrogen) atoms. The van der Waals surface area contributed by atoms with Gasteiger partial charge in [-0.15, -0.1) is 10.2 Å². The van der Waals surface area contributed by atoms with E-state index in [4.69, 9.17) is 9.47 Å².